The summed E-state index contributed by atoms with van der Waals surface area (Å²) in [6, 6.07) is 9.89. The molecule has 16 heavy (non-hydrogen) atoms. The van der Waals surface area contributed by atoms with Gasteiger partial charge in [-0.15, -0.1) is 0 Å². The number of rotatable bonds is 3. The fraction of sp³-hybridized carbons (Fsp3) is 0.333. The summed E-state index contributed by atoms with van der Waals surface area (Å²) in [5.74, 6) is 0. The SMILES string of the molecule is OC[C@H]1OC(Sc2ccccc2)C=C[C@@H]1O. The first kappa shape index (κ1) is 11.7. The maximum Gasteiger partial charge on any atom is 0.126 e. The smallest absolute Gasteiger partial charge is 0.126 e. The van der Waals surface area contributed by atoms with Crippen LogP contribution < -0.4 is 0 Å². The Kier molecular flexibility index (Phi) is 4.01. The zero-order chi connectivity index (χ0) is 11.4. The number of aliphatic hydroxyl groups excluding tert-OH is 2. The van der Waals surface area contributed by atoms with E-state index in [4.69, 9.17) is 9.84 Å². The van der Waals surface area contributed by atoms with Gasteiger partial charge in [0, 0.05) is 4.90 Å². The molecule has 86 valence electrons. The molecular weight excluding hydrogens is 224 g/mol. The molecule has 2 N–H and O–H groups in total. The molecule has 0 spiro atoms. The summed E-state index contributed by atoms with van der Waals surface area (Å²) < 4.78 is 5.53. The van der Waals surface area contributed by atoms with Gasteiger partial charge in [0.2, 0.25) is 0 Å². The molecule has 3 nitrogen and oxygen atoms in total. The molecule has 0 radical (unpaired) electrons. The summed E-state index contributed by atoms with van der Waals surface area (Å²) in [5.41, 5.74) is -0.150. The molecular formula is C12H14O3S. The fourth-order valence-corrected chi connectivity index (χ4v) is 2.43. The Morgan fingerprint density at radius 1 is 1.19 bits per heavy atom. The third-order valence-corrected chi connectivity index (χ3v) is 3.38. The maximum atomic E-state index is 9.47. The van der Waals surface area contributed by atoms with E-state index in [1.54, 1.807) is 17.8 Å². The van der Waals surface area contributed by atoms with Crippen molar-refractivity contribution in [2.45, 2.75) is 22.5 Å². The Bertz CT molecular complexity index is 353. The highest BCUT2D eigenvalue weighted by Crippen LogP contribution is 2.28. The van der Waals surface area contributed by atoms with E-state index in [0.29, 0.717) is 0 Å². The molecule has 1 aliphatic rings. The number of hydrogen-bond acceptors (Lipinski definition) is 4. The zero-order valence-electron chi connectivity index (χ0n) is 8.69. The topological polar surface area (TPSA) is 49.7 Å². The summed E-state index contributed by atoms with van der Waals surface area (Å²) in [7, 11) is 0. The van der Waals surface area contributed by atoms with Crippen LogP contribution in [0.4, 0.5) is 0 Å². The van der Waals surface area contributed by atoms with Crippen LogP contribution in [0, 0.1) is 0 Å². The third-order valence-electron chi connectivity index (χ3n) is 2.33. The Labute approximate surface area is 98.8 Å². The van der Waals surface area contributed by atoms with Crippen molar-refractivity contribution < 1.29 is 14.9 Å². The number of thioether (sulfide) groups is 1. The van der Waals surface area contributed by atoms with Crippen LogP contribution in [0.25, 0.3) is 0 Å². The van der Waals surface area contributed by atoms with E-state index in [1.165, 1.54) is 0 Å². The predicted octanol–water partition coefficient (Wildman–Crippen LogP) is 1.41. The molecule has 1 unspecified atom stereocenters. The minimum atomic E-state index is -0.711. The summed E-state index contributed by atoms with van der Waals surface area (Å²) >= 11 is 1.55. The van der Waals surface area contributed by atoms with Crippen molar-refractivity contribution in [3.8, 4) is 0 Å². The average Bonchev–Trinajstić information content (AvgIpc) is 2.33. The first-order valence-corrected chi connectivity index (χ1v) is 6.02. The van der Waals surface area contributed by atoms with Gasteiger partial charge in [0.1, 0.15) is 17.6 Å². The Balaban J connectivity index is 1.99. The van der Waals surface area contributed by atoms with Crippen LogP contribution in [0.1, 0.15) is 0 Å². The summed E-state index contributed by atoms with van der Waals surface area (Å²) in [6.07, 6.45) is 2.25. The van der Waals surface area contributed by atoms with Crippen LogP contribution in [0.5, 0.6) is 0 Å². The first-order valence-electron chi connectivity index (χ1n) is 5.14. The number of hydrogen-bond donors (Lipinski definition) is 2. The second-order valence-corrected chi connectivity index (χ2v) is 4.70. The highest BCUT2D eigenvalue weighted by molar-refractivity contribution is 8.00. The second kappa shape index (κ2) is 5.50. The van der Waals surface area contributed by atoms with Crippen molar-refractivity contribution in [3.63, 3.8) is 0 Å². The Morgan fingerprint density at radius 3 is 2.62 bits per heavy atom. The van der Waals surface area contributed by atoms with Crippen molar-refractivity contribution in [1.29, 1.82) is 0 Å². The molecule has 0 saturated heterocycles. The van der Waals surface area contributed by atoms with Gasteiger partial charge in [-0.25, -0.2) is 0 Å². The van der Waals surface area contributed by atoms with Crippen molar-refractivity contribution in [3.05, 3.63) is 42.5 Å². The number of benzene rings is 1. The van der Waals surface area contributed by atoms with E-state index in [1.807, 2.05) is 36.4 Å². The number of ether oxygens (including phenoxy) is 1. The largest absolute Gasteiger partial charge is 0.394 e. The summed E-state index contributed by atoms with van der Waals surface area (Å²) in [5, 5.41) is 18.5. The van der Waals surface area contributed by atoms with E-state index < -0.39 is 12.2 Å². The molecule has 3 atom stereocenters. The van der Waals surface area contributed by atoms with Crippen LogP contribution in [0.2, 0.25) is 0 Å². The average molecular weight is 238 g/mol. The van der Waals surface area contributed by atoms with Crippen molar-refractivity contribution in [2.75, 3.05) is 6.61 Å². The molecule has 0 fully saturated rings. The molecule has 0 amide bonds. The van der Waals surface area contributed by atoms with E-state index in [0.717, 1.165) is 4.90 Å². The molecule has 1 aromatic rings. The predicted molar refractivity (Wildman–Crippen MR) is 63.2 cm³/mol. The molecule has 1 aromatic carbocycles. The normalized spacial score (nSPS) is 29.2. The van der Waals surface area contributed by atoms with E-state index in [2.05, 4.69) is 0 Å². The third kappa shape index (κ3) is 2.86. The van der Waals surface area contributed by atoms with Gasteiger partial charge >= 0.3 is 0 Å². The van der Waals surface area contributed by atoms with Crippen LogP contribution >= 0.6 is 11.8 Å². The van der Waals surface area contributed by atoms with Gasteiger partial charge in [0.05, 0.1) is 6.61 Å². The molecule has 0 aromatic heterocycles. The van der Waals surface area contributed by atoms with Gasteiger partial charge in [0.15, 0.2) is 0 Å². The Hall–Kier alpha value is -0.810. The molecule has 0 saturated carbocycles. The van der Waals surface area contributed by atoms with Gasteiger partial charge < -0.3 is 14.9 Å². The molecule has 2 rings (SSSR count). The highest BCUT2D eigenvalue weighted by Gasteiger charge is 2.25. The van der Waals surface area contributed by atoms with Crippen molar-refractivity contribution in [2.24, 2.45) is 0 Å². The van der Waals surface area contributed by atoms with Gasteiger partial charge in [-0.1, -0.05) is 36.0 Å². The quantitative estimate of drug-likeness (QED) is 0.782. The van der Waals surface area contributed by atoms with Crippen LogP contribution in [-0.4, -0.2) is 34.5 Å². The van der Waals surface area contributed by atoms with Gasteiger partial charge in [-0.3, -0.25) is 0 Å². The van der Waals surface area contributed by atoms with Crippen LogP contribution in [0.3, 0.4) is 0 Å². The minimum Gasteiger partial charge on any atom is -0.394 e. The van der Waals surface area contributed by atoms with Gasteiger partial charge in [-0.2, -0.15) is 0 Å². The second-order valence-electron chi connectivity index (χ2n) is 3.53. The monoisotopic (exact) mass is 238 g/mol. The van der Waals surface area contributed by atoms with Crippen molar-refractivity contribution in [1.82, 2.24) is 0 Å². The molecule has 1 heterocycles. The molecule has 0 aliphatic carbocycles. The molecule has 4 heteroatoms. The van der Waals surface area contributed by atoms with Crippen molar-refractivity contribution >= 4 is 11.8 Å². The lowest BCUT2D eigenvalue weighted by Gasteiger charge is -2.27. The summed E-state index contributed by atoms with van der Waals surface area (Å²) in [4.78, 5) is 1.10. The molecule has 1 aliphatic heterocycles. The lowest BCUT2D eigenvalue weighted by molar-refractivity contribution is -0.0542. The van der Waals surface area contributed by atoms with Crippen LogP contribution in [0.15, 0.2) is 47.4 Å². The minimum absolute atomic E-state index is 0.150. The highest BCUT2D eigenvalue weighted by atomic mass is 32.2. The number of aliphatic hydroxyl groups is 2. The van der Waals surface area contributed by atoms with E-state index in [-0.39, 0.29) is 12.0 Å². The standard InChI is InChI=1S/C12H14O3S/c13-8-11-10(14)6-7-12(15-11)16-9-4-2-1-3-5-9/h1-7,10-14H,8H2/t10-,11+,12?/m0/s1. The summed E-state index contributed by atoms with van der Waals surface area (Å²) in [6.45, 7) is -0.169. The van der Waals surface area contributed by atoms with Crippen LogP contribution in [-0.2, 0) is 4.74 Å². The lowest BCUT2D eigenvalue weighted by Crippen LogP contribution is -2.36. The first-order chi connectivity index (χ1) is 7.79. The Morgan fingerprint density at radius 2 is 1.94 bits per heavy atom. The zero-order valence-corrected chi connectivity index (χ0v) is 9.51. The lowest BCUT2D eigenvalue weighted by atomic mass is 10.1. The van der Waals surface area contributed by atoms with Gasteiger partial charge in [0.25, 0.3) is 0 Å². The molecule has 0 bridgehead atoms. The van der Waals surface area contributed by atoms with E-state index in [9.17, 15) is 5.11 Å². The van der Waals surface area contributed by atoms with Gasteiger partial charge in [-0.05, 0) is 18.2 Å². The fourth-order valence-electron chi connectivity index (χ4n) is 1.48. The maximum absolute atomic E-state index is 9.47. The van der Waals surface area contributed by atoms with E-state index >= 15 is 0 Å².